The van der Waals surface area contributed by atoms with Gasteiger partial charge in [0.25, 0.3) is 0 Å². The third-order valence-electron chi connectivity index (χ3n) is 6.03. The number of carbonyl (C=O) groups is 1. The maximum absolute atomic E-state index is 12.4. The van der Waals surface area contributed by atoms with Crippen molar-refractivity contribution < 1.29 is 9.53 Å². The summed E-state index contributed by atoms with van der Waals surface area (Å²) >= 11 is 1.61. The molecule has 5 rings (SSSR count). The van der Waals surface area contributed by atoms with E-state index in [2.05, 4.69) is 15.3 Å². The highest BCUT2D eigenvalue weighted by molar-refractivity contribution is 7.14. The lowest BCUT2D eigenvalue weighted by molar-refractivity contribution is 0.0148. The lowest BCUT2D eigenvalue weighted by atomic mass is 9.78. The molecule has 2 aliphatic rings. The molecule has 0 radical (unpaired) electrons. The topological polar surface area (TPSA) is 67.3 Å². The summed E-state index contributed by atoms with van der Waals surface area (Å²) in [5.74, 6) is 0.558. The van der Waals surface area contributed by atoms with E-state index in [9.17, 15) is 4.79 Å². The average molecular weight is 421 g/mol. The van der Waals surface area contributed by atoms with Crippen molar-refractivity contribution in [2.45, 2.75) is 31.3 Å². The minimum Gasteiger partial charge on any atom is -0.441 e. The first-order valence-corrected chi connectivity index (χ1v) is 11.3. The van der Waals surface area contributed by atoms with Crippen LogP contribution in [0.25, 0.3) is 11.4 Å². The monoisotopic (exact) mass is 420 g/mol. The fraction of sp³-hybridized carbons (Fsp3) is 0.348. The standard InChI is InChI=1S/C23H24N4O2S/c28-22-27(18-6-2-1-3-7-18)16-23(29-22)11-9-17(10-12-23)14-25-21-26-20(15-30-21)19-8-4-5-13-24-19/h1-8,13,15,17H,9-12,14,16H2,(H,25,26). The fourth-order valence-corrected chi connectivity index (χ4v) is 5.03. The summed E-state index contributed by atoms with van der Waals surface area (Å²) in [7, 11) is 0. The van der Waals surface area contributed by atoms with Crippen LogP contribution in [0.15, 0.2) is 60.1 Å². The lowest BCUT2D eigenvalue weighted by Crippen LogP contribution is -2.39. The van der Waals surface area contributed by atoms with Crippen molar-refractivity contribution in [3.63, 3.8) is 0 Å². The summed E-state index contributed by atoms with van der Waals surface area (Å²) in [5.41, 5.74) is 2.38. The Morgan fingerprint density at radius 3 is 2.67 bits per heavy atom. The van der Waals surface area contributed by atoms with E-state index < -0.39 is 0 Å². The Morgan fingerprint density at radius 1 is 1.10 bits per heavy atom. The number of amides is 1. The van der Waals surface area contributed by atoms with Crippen molar-refractivity contribution in [3.05, 3.63) is 60.1 Å². The zero-order valence-corrected chi connectivity index (χ0v) is 17.5. The maximum Gasteiger partial charge on any atom is 0.415 e. The van der Waals surface area contributed by atoms with Crippen LogP contribution in [0.5, 0.6) is 0 Å². The van der Waals surface area contributed by atoms with Crippen molar-refractivity contribution in [2.24, 2.45) is 5.92 Å². The number of anilines is 2. The number of hydrogen-bond donors (Lipinski definition) is 1. The summed E-state index contributed by atoms with van der Waals surface area (Å²) in [4.78, 5) is 23.2. The minimum absolute atomic E-state index is 0.220. The Morgan fingerprint density at radius 2 is 1.90 bits per heavy atom. The zero-order valence-electron chi connectivity index (χ0n) is 16.7. The van der Waals surface area contributed by atoms with E-state index in [-0.39, 0.29) is 11.7 Å². The van der Waals surface area contributed by atoms with E-state index in [0.717, 1.165) is 54.4 Å². The average Bonchev–Trinajstić information content (AvgIpc) is 3.39. The second-order valence-corrected chi connectivity index (χ2v) is 8.91. The smallest absolute Gasteiger partial charge is 0.415 e. The number of hydrogen-bond acceptors (Lipinski definition) is 6. The molecule has 0 atom stereocenters. The van der Waals surface area contributed by atoms with Gasteiger partial charge in [-0.2, -0.15) is 0 Å². The molecule has 30 heavy (non-hydrogen) atoms. The number of nitrogens with one attached hydrogen (secondary N) is 1. The molecule has 1 saturated heterocycles. The minimum atomic E-state index is -0.337. The van der Waals surface area contributed by atoms with Crippen LogP contribution in [0.3, 0.4) is 0 Å². The van der Waals surface area contributed by atoms with Crippen LogP contribution in [-0.2, 0) is 4.74 Å². The fourth-order valence-electron chi connectivity index (χ4n) is 4.32. The van der Waals surface area contributed by atoms with Gasteiger partial charge in [-0.25, -0.2) is 9.78 Å². The van der Waals surface area contributed by atoms with Crippen LogP contribution >= 0.6 is 11.3 Å². The number of benzene rings is 1. The highest BCUT2D eigenvalue weighted by atomic mass is 32.1. The van der Waals surface area contributed by atoms with Gasteiger partial charge in [-0.05, 0) is 55.9 Å². The molecule has 1 N–H and O–H groups in total. The number of rotatable bonds is 5. The lowest BCUT2D eigenvalue weighted by Gasteiger charge is -2.35. The summed E-state index contributed by atoms with van der Waals surface area (Å²) in [6.07, 6.45) is 5.47. The van der Waals surface area contributed by atoms with Gasteiger partial charge < -0.3 is 10.1 Å². The molecule has 7 heteroatoms. The third kappa shape index (κ3) is 3.89. The number of nitrogens with zero attached hydrogens (tertiary/aromatic N) is 3. The molecule has 2 fully saturated rings. The Kier molecular flexibility index (Phi) is 5.12. The van der Waals surface area contributed by atoms with Gasteiger partial charge in [-0.1, -0.05) is 24.3 Å². The van der Waals surface area contributed by atoms with Gasteiger partial charge in [0, 0.05) is 23.8 Å². The quantitative estimate of drug-likeness (QED) is 0.614. The SMILES string of the molecule is O=C1OC2(CCC(CNc3nc(-c4ccccn4)cs3)CC2)CN1c1ccccc1. The molecule has 1 spiro atoms. The first kappa shape index (κ1) is 19.1. The van der Waals surface area contributed by atoms with Crippen LogP contribution in [-0.4, -0.2) is 34.8 Å². The molecule has 0 unspecified atom stereocenters. The highest BCUT2D eigenvalue weighted by Crippen LogP contribution is 2.40. The number of thiazole rings is 1. The molecule has 3 heterocycles. The van der Waals surface area contributed by atoms with Gasteiger partial charge in [0.1, 0.15) is 11.3 Å². The molecule has 1 aliphatic heterocycles. The van der Waals surface area contributed by atoms with E-state index in [4.69, 9.17) is 4.74 Å². The summed E-state index contributed by atoms with van der Waals surface area (Å²) in [6, 6.07) is 15.6. The highest BCUT2D eigenvalue weighted by Gasteiger charge is 2.47. The largest absolute Gasteiger partial charge is 0.441 e. The number of carbonyl (C=O) groups excluding carboxylic acids is 1. The van der Waals surface area contributed by atoms with Crippen molar-refractivity contribution in [1.29, 1.82) is 0 Å². The number of ether oxygens (including phenoxy) is 1. The van der Waals surface area contributed by atoms with Crippen molar-refractivity contribution in [1.82, 2.24) is 9.97 Å². The Balaban J connectivity index is 1.15. The first-order chi connectivity index (χ1) is 14.7. The van der Waals surface area contributed by atoms with Crippen molar-refractivity contribution in [2.75, 3.05) is 23.3 Å². The molecule has 6 nitrogen and oxygen atoms in total. The van der Waals surface area contributed by atoms with Crippen LogP contribution in [0.4, 0.5) is 15.6 Å². The molecule has 1 aromatic carbocycles. The predicted octanol–water partition coefficient (Wildman–Crippen LogP) is 5.20. The molecule has 0 bridgehead atoms. The zero-order chi connectivity index (χ0) is 20.4. The van der Waals surface area contributed by atoms with E-state index in [0.29, 0.717) is 12.5 Å². The summed E-state index contributed by atoms with van der Waals surface area (Å²) < 4.78 is 5.87. The maximum atomic E-state index is 12.4. The Labute approximate surface area is 179 Å². The molecule has 154 valence electrons. The van der Waals surface area contributed by atoms with Crippen molar-refractivity contribution >= 4 is 28.2 Å². The molecule has 3 aromatic rings. The van der Waals surface area contributed by atoms with Gasteiger partial charge in [-0.15, -0.1) is 11.3 Å². The Hall–Kier alpha value is -2.93. The number of aromatic nitrogens is 2. The normalized spacial score (nSPS) is 23.5. The summed E-state index contributed by atoms with van der Waals surface area (Å²) in [5, 5.41) is 6.46. The molecule has 1 saturated carbocycles. The van der Waals surface area contributed by atoms with E-state index in [1.807, 2.05) is 53.9 Å². The second kappa shape index (κ2) is 8.07. The number of pyridine rings is 1. The van der Waals surface area contributed by atoms with Crippen LogP contribution < -0.4 is 10.2 Å². The molecular weight excluding hydrogens is 396 g/mol. The van der Waals surface area contributed by atoms with Crippen LogP contribution in [0.1, 0.15) is 25.7 Å². The Bertz CT molecular complexity index is 1000. The summed E-state index contributed by atoms with van der Waals surface area (Å²) in [6.45, 7) is 1.54. The number of para-hydroxylation sites is 1. The van der Waals surface area contributed by atoms with E-state index in [1.54, 1.807) is 22.4 Å². The van der Waals surface area contributed by atoms with Gasteiger partial charge in [0.05, 0.1) is 12.2 Å². The molecular formula is C23H24N4O2S. The van der Waals surface area contributed by atoms with Gasteiger partial charge in [-0.3, -0.25) is 9.88 Å². The van der Waals surface area contributed by atoms with E-state index >= 15 is 0 Å². The van der Waals surface area contributed by atoms with Crippen molar-refractivity contribution in [3.8, 4) is 11.4 Å². The second-order valence-electron chi connectivity index (χ2n) is 8.05. The third-order valence-corrected chi connectivity index (χ3v) is 6.83. The van der Waals surface area contributed by atoms with Crippen LogP contribution in [0.2, 0.25) is 0 Å². The molecule has 1 aliphatic carbocycles. The predicted molar refractivity (Wildman–Crippen MR) is 119 cm³/mol. The molecule has 1 amide bonds. The van der Waals surface area contributed by atoms with Gasteiger partial charge >= 0.3 is 6.09 Å². The van der Waals surface area contributed by atoms with Crippen LogP contribution in [0, 0.1) is 5.92 Å². The first-order valence-electron chi connectivity index (χ1n) is 10.4. The van der Waals surface area contributed by atoms with Gasteiger partial charge in [0.15, 0.2) is 5.13 Å². The molecule has 2 aromatic heterocycles. The van der Waals surface area contributed by atoms with Gasteiger partial charge in [0.2, 0.25) is 0 Å². The van der Waals surface area contributed by atoms with E-state index in [1.165, 1.54) is 0 Å².